The maximum Gasteiger partial charge on any atom is 0.209 e. The highest BCUT2D eigenvalue weighted by Gasteiger charge is 2.20. The highest BCUT2D eigenvalue weighted by Crippen LogP contribution is 2.10. The van der Waals surface area contributed by atoms with Gasteiger partial charge < -0.3 is 9.47 Å². The first-order valence-corrected chi connectivity index (χ1v) is 4.50. The van der Waals surface area contributed by atoms with Gasteiger partial charge in [-0.1, -0.05) is 13.3 Å². The van der Waals surface area contributed by atoms with Crippen molar-refractivity contribution < 1.29 is 9.47 Å². The summed E-state index contributed by atoms with van der Waals surface area (Å²) in [6, 6.07) is 0.0544. The molecule has 1 aliphatic heterocycles. The maximum absolute atomic E-state index is 5.14. The number of methoxy groups -OCH3 is 2. The van der Waals surface area contributed by atoms with Crippen molar-refractivity contribution in [3.05, 3.63) is 0 Å². The fourth-order valence-electron chi connectivity index (χ4n) is 1.30. The van der Waals surface area contributed by atoms with Gasteiger partial charge in [0, 0.05) is 0 Å². The Labute approximate surface area is 78.7 Å². The van der Waals surface area contributed by atoms with Gasteiger partial charge in [0.1, 0.15) is 12.6 Å². The molecule has 74 valence electrons. The average Bonchev–Trinajstić information content (AvgIpc) is 2.18. The second kappa shape index (κ2) is 4.84. The zero-order valence-corrected chi connectivity index (χ0v) is 8.41. The highest BCUT2D eigenvalue weighted by molar-refractivity contribution is 5.91. The van der Waals surface area contributed by atoms with E-state index in [0.717, 1.165) is 18.7 Å². The molecule has 4 nitrogen and oxygen atoms in total. The molecule has 0 amide bonds. The van der Waals surface area contributed by atoms with Crippen LogP contribution in [-0.2, 0) is 9.47 Å². The Kier molecular flexibility index (Phi) is 3.73. The summed E-state index contributed by atoms with van der Waals surface area (Å²) in [4.78, 5) is 8.62. The predicted octanol–water partition coefficient (Wildman–Crippen LogP) is 1.26. The van der Waals surface area contributed by atoms with Gasteiger partial charge in [-0.15, -0.1) is 0 Å². The molecule has 1 rings (SSSR count). The number of aliphatic imine (C=N–C) groups is 2. The van der Waals surface area contributed by atoms with Crippen LogP contribution in [0.25, 0.3) is 0 Å². The molecule has 0 aromatic rings. The van der Waals surface area contributed by atoms with Gasteiger partial charge in [-0.05, 0) is 6.42 Å². The molecule has 0 radical (unpaired) electrons. The zero-order valence-electron chi connectivity index (χ0n) is 8.41. The molecule has 1 heterocycles. The summed E-state index contributed by atoms with van der Waals surface area (Å²) in [7, 11) is 3.25. The molecule has 4 heteroatoms. The second-order valence-corrected chi connectivity index (χ2v) is 2.89. The fourth-order valence-corrected chi connectivity index (χ4v) is 1.30. The quantitative estimate of drug-likeness (QED) is 0.648. The smallest absolute Gasteiger partial charge is 0.209 e. The van der Waals surface area contributed by atoms with Crippen molar-refractivity contribution in [3.63, 3.8) is 0 Å². The Bertz CT molecular complexity index is 224. The summed E-state index contributed by atoms with van der Waals surface area (Å²) in [5.74, 6) is 1.42. The van der Waals surface area contributed by atoms with E-state index in [1.807, 2.05) is 0 Å². The Morgan fingerprint density at radius 1 is 1.38 bits per heavy atom. The van der Waals surface area contributed by atoms with Crippen molar-refractivity contribution in [1.82, 2.24) is 0 Å². The van der Waals surface area contributed by atoms with E-state index in [-0.39, 0.29) is 6.04 Å². The van der Waals surface area contributed by atoms with E-state index in [4.69, 9.17) is 9.47 Å². The molecule has 0 N–H and O–H groups in total. The SMILES string of the molecule is CCC[C@H]1N=C(OC)CN=C1OC. The summed E-state index contributed by atoms with van der Waals surface area (Å²) in [5.41, 5.74) is 0. The average molecular weight is 184 g/mol. The van der Waals surface area contributed by atoms with Gasteiger partial charge in [0.25, 0.3) is 0 Å². The third-order valence-corrected chi connectivity index (χ3v) is 1.96. The van der Waals surface area contributed by atoms with Crippen molar-refractivity contribution in [1.29, 1.82) is 0 Å². The van der Waals surface area contributed by atoms with Gasteiger partial charge in [0.05, 0.1) is 14.2 Å². The Balaban J connectivity index is 2.65. The minimum atomic E-state index is 0.0544. The van der Waals surface area contributed by atoms with Crippen LogP contribution in [0.15, 0.2) is 9.98 Å². The lowest BCUT2D eigenvalue weighted by Crippen LogP contribution is -2.28. The molecular weight excluding hydrogens is 168 g/mol. The van der Waals surface area contributed by atoms with Crippen LogP contribution in [0.5, 0.6) is 0 Å². The molecule has 0 bridgehead atoms. The van der Waals surface area contributed by atoms with E-state index in [1.165, 1.54) is 0 Å². The standard InChI is InChI=1S/C9H16N2O2/c1-4-5-7-9(13-3)10-6-8(11-7)12-2/h7H,4-6H2,1-3H3/t7-/m1/s1. The van der Waals surface area contributed by atoms with Crippen LogP contribution in [0.2, 0.25) is 0 Å². The molecule has 0 spiro atoms. The summed E-state index contributed by atoms with van der Waals surface area (Å²) >= 11 is 0. The summed E-state index contributed by atoms with van der Waals surface area (Å²) in [5, 5.41) is 0. The van der Waals surface area contributed by atoms with Gasteiger partial charge in [0.2, 0.25) is 11.8 Å². The molecule has 1 atom stereocenters. The Hall–Kier alpha value is -1.06. The Morgan fingerprint density at radius 3 is 2.69 bits per heavy atom. The molecule has 0 saturated heterocycles. The van der Waals surface area contributed by atoms with Crippen molar-refractivity contribution >= 4 is 11.8 Å². The number of nitrogens with zero attached hydrogens (tertiary/aromatic N) is 2. The summed E-state index contributed by atoms with van der Waals surface area (Å²) in [6.07, 6.45) is 2.02. The third kappa shape index (κ3) is 2.44. The van der Waals surface area contributed by atoms with Crippen molar-refractivity contribution in [2.24, 2.45) is 9.98 Å². The van der Waals surface area contributed by atoms with E-state index in [9.17, 15) is 0 Å². The van der Waals surface area contributed by atoms with Crippen LogP contribution in [0.1, 0.15) is 19.8 Å². The molecule has 0 saturated carbocycles. The van der Waals surface area contributed by atoms with E-state index >= 15 is 0 Å². The molecule has 0 fully saturated rings. The van der Waals surface area contributed by atoms with Crippen molar-refractivity contribution in [2.75, 3.05) is 20.8 Å². The largest absolute Gasteiger partial charge is 0.483 e. The van der Waals surface area contributed by atoms with Crippen LogP contribution in [0, 0.1) is 0 Å². The molecule has 0 unspecified atom stereocenters. The molecular formula is C9H16N2O2. The van der Waals surface area contributed by atoms with E-state index < -0.39 is 0 Å². The molecule has 0 aliphatic carbocycles. The Morgan fingerprint density at radius 2 is 2.15 bits per heavy atom. The molecule has 0 aromatic carbocycles. The molecule has 1 aliphatic rings. The van der Waals surface area contributed by atoms with Crippen molar-refractivity contribution in [2.45, 2.75) is 25.8 Å². The zero-order chi connectivity index (χ0) is 9.68. The summed E-state index contributed by atoms with van der Waals surface area (Å²) in [6.45, 7) is 2.61. The third-order valence-electron chi connectivity index (χ3n) is 1.96. The van der Waals surface area contributed by atoms with Gasteiger partial charge in [-0.2, -0.15) is 0 Å². The topological polar surface area (TPSA) is 43.2 Å². The van der Waals surface area contributed by atoms with Crippen molar-refractivity contribution in [3.8, 4) is 0 Å². The van der Waals surface area contributed by atoms with Gasteiger partial charge >= 0.3 is 0 Å². The van der Waals surface area contributed by atoms with Gasteiger partial charge in [-0.25, -0.2) is 9.98 Å². The minimum absolute atomic E-state index is 0.0544. The predicted molar refractivity (Wildman–Crippen MR) is 52.5 cm³/mol. The van der Waals surface area contributed by atoms with Crippen LogP contribution >= 0.6 is 0 Å². The van der Waals surface area contributed by atoms with Crippen LogP contribution in [0.4, 0.5) is 0 Å². The van der Waals surface area contributed by atoms with Crippen LogP contribution < -0.4 is 0 Å². The van der Waals surface area contributed by atoms with E-state index in [0.29, 0.717) is 12.4 Å². The van der Waals surface area contributed by atoms with E-state index in [1.54, 1.807) is 14.2 Å². The number of hydrogen-bond donors (Lipinski definition) is 0. The number of ether oxygens (including phenoxy) is 2. The lowest BCUT2D eigenvalue weighted by Gasteiger charge is -2.18. The number of rotatable bonds is 2. The lowest BCUT2D eigenvalue weighted by atomic mass is 10.1. The van der Waals surface area contributed by atoms with Crippen LogP contribution in [0.3, 0.4) is 0 Å². The normalized spacial score (nSPS) is 21.9. The van der Waals surface area contributed by atoms with E-state index in [2.05, 4.69) is 16.9 Å². The number of hydrogen-bond acceptors (Lipinski definition) is 4. The maximum atomic E-state index is 5.14. The second-order valence-electron chi connectivity index (χ2n) is 2.89. The lowest BCUT2D eigenvalue weighted by molar-refractivity contribution is 0.356. The monoisotopic (exact) mass is 184 g/mol. The first-order valence-electron chi connectivity index (χ1n) is 4.50. The molecule has 0 aromatic heterocycles. The van der Waals surface area contributed by atoms with Crippen LogP contribution in [-0.4, -0.2) is 38.6 Å². The van der Waals surface area contributed by atoms with Gasteiger partial charge in [0.15, 0.2) is 0 Å². The first kappa shape index (κ1) is 10.0. The molecule has 13 heavy (non-hydrogen) atoms. The first-order chi connectivity index (χ1) is 6.31. The van der Waals surface area contributed by atoms with Gasteiger partial charge in [-0.3, -0.25) is 0 Å². The highest BCUT2D eigenvalue weighted by atomic mass is 16.5. The summed E-state index contributed by atoms with van der Waals surface area (Å²) < 4.78 is 10.2. The minimum Gasteiger partial charge on any atom is -0.483 e. The fraction of sp³-hybridized carbons (Fsp3) is 0.778.